The largest absolute Gasteiger partial charge is 0.480 e. The molecule has 4 saturated heterocycles. The molecule has 6 aliphatic heterocycles. The molecule has 0 aliphatic carbocycles. The predicted octanol–water partition coefficient (Wildman–Crippen LogP) is 5.13. The molecule has 0 radical (unpaired) electrons. The van der Waals surface area contributed by atoms with Gasteiger partial charge in [0.15, 0.2) is 45.0 Å². The third-order valence-corrected chi connectivity index (χ3v) is 15.8. The maximum atomic E-state index is 14.6. The number of aliphatic imine (C=N–C) groups is 2. The molecule has 6 aliphatic rings. The van der Waals surface area contributed by atoms with E-state index < -0.39 is 70.3 Å². The molecule has 0 saturated carbocycles. The molecule has 8 heterocycles. The summed E-state index contributed by atoms with van der Waals surface area (Å²) in [5.74, 6) is -6.81. The van der Waals surface area contributed by atoms with E-state index in [2.05, 4.69) is 30.6 Å². The second-order valence-electron chi connectivity index (χ2n) is 17.9. The number of aromatic nitrogens is 2. The van der Waals surface area contributed by atoms with Crippen molar-refractivity contribution < 1.29 is 65.9 Å². The van der Waals surface area contributed by atoms with Gasteiger partial charge in [-0.15, -0.1) is 22.7 Å². The lowest BCUT2D eigenvalue weighted by Gasteiger charge is -2.42. The van der Waals surface area contributed by atoms with Crippen LogP contribution in [0.5, 0.6) is 0 Å². The molecule has 0 amide bonds. The van der Waals surface area contributed by atoms with Crippen LogP contribution in [0.1, 0.15) is 70.0 Å². The average molecular weight is 1040 g/mol. The first kappa shape index (κ1) is 50.5. The lowest BCUT2D eigenvalue weighted by Crippen LogP contribution is -2.61. The van der Waals surface area contributed by atoms with Crippen LogP contribution >= 0.6 is 22.7 Å². The molecular weight excluding hydrogens is 989 g/mol. The van der Waals surface area contributed by atoms with Gasteiger partial charge in [0.2, 0.25) is 0 Å². The number of ether oxygens (including phenoxy) is 4. The average Bonchev–Trinajstić information content (AvgIpc) is 4.18. The van der Waals surface area contributed by atoms with Crippen LogP contribution in [0.3, 0.4) is 0 Å². The van der Waals surface area contributed by atoms with Crippen LogP contribution < -0.4 is 10.6 Å². The molecule has 2 aromatic carbocycles. The molecule has 0 spiro atoms. The number of carbonyl (C=O) groups excluding carboxylic acids is 2. The summed E-state index contributed by atoms with van der Waals surface area (Å²) in [5, 5.41) is 31.1. The highest BCUT2D eigenvalue weighted by atomic mass is 32.1. The van der Waals surface area contributed by atoms with Gasteiger partial charge in [-0.05, 0) is 73.9 Å². The summed E-state index contributed by atoms with van der Waals surface area (Å²) in [5.41, 5.74) is -0.926. The van der Waals surface area contributed by atoms with E-state index >= 15 is 0 Å². The lowest BCUT2D eigenvalue weighted by molar-refractivity contribution is -0.162. The Bertz CT molecular complexity index is 2750. The maximum Gasteiger partial charge on any atom is 0.338 e. The molecule has 0 unspecified atom stereocenters. The second kappa shape index (κ2) is 20.2. The summed E-state index contributed by atoms with van der Waals surface area (Å²) >= 11 is 2.63. The van der Waals surface area contributed by atoms with Gasteiger partial charge in [0.1, 0.15) is 23.2 Å². The smallest absolute Gasteiger partial charge is 0.338 e. The van der Waals surface area contributed by atoms with E-state index in [9.17, 15) is 47.0 Å². The van der Waals surface area contributed by atoms with Gasteiger partial charge in [0.25, 0.3) is 0 Å². The normalized spacial score (nSPS) is 25.9. The van der Waals surface area contributed by atoms with Crippen molar-refractivity contribution >= 4 is 58.2 Å². The number of aliphatic carboxylic acids is 2. The van der Waals surface area contributed by atoms with Crippen LogP contribution in [0.4, 0.5) is 17.6 Å². The van der Waals surface area contributed by atoms with Gasteiger partial charge in [-0.1, -0.05) is 12.1 Å². The Balaban J connectivity index is 0.000000178. The SMILES string of the molecule is COC(=O)C1=C(CN2[C@@H]3CC[C@@]2(C(=O)O)COC3)NC(c2nccs2)=N[C@H]1c1ccc(F)c(F)c1C.COC(=O)C1=C(CN2[C@H]3CC[C@]2(C(=O)O)COC3)NC(c2nccs2)=N[C@H]1c1ccc(F)c(F)c1C. The van der Waals surface area contributed by atoms with Crippen LogP contribution in [-0.4, -0.2) is 142 Å². The van der Waals surface area contributed by atoms with E-state index in [1.807, 2.05) is 9.80 Å². The third kappa shape index (κ3) is 8.86. The van der Waals surface area contributed by atoms with Crippen molar-refractivity contribution in [3.05, 3.63) is 125 Å². The van der Waals surface area contributed by atoms with E-state index in [1.165, 1.54) is 62.9 Å². The fraction of sp³-hybridized carbons (Fsp3) is 0.417. The molecule has 2 aromatic heterocycles. The number of methoxy groups -OCH3 is 2. The zero-order valence-electron chi connectivity index (χ0n) is 39.2. The lowest BCUT2D eigenvalue weighted by atomic mass is 9.91. The first-order chi connectivity index (χ1) is 34.5. The summed E-state index contributed by atoms with van der Waals surface area (Å²) in [6.45, 7) is 3.76. The van der Waals surface area contributed by atoms with E-state index in [0.717, 1.165) is 12.1 Å². The summed E-state index contributed by atoms with van der Waals surface area (Å²) in [4.78, 5) is 72.6. The Morgan fingerprint density at radius 2 is 1.10 bits per heavy atom. The van der Waals surface area contributed by atoms with Crippen LogP contribution in [0.25, 0.3) is 0 Å². The van der Waals surface area contributed by atoms with Crippen LogP contribution in [-0.2, 0) is 38.1 Å². The Morgan fingerprint density at radius 3 is 1.44 bits per heavy atom. The predicted molar refractivity (Wildman–Crippen MR) is 251 cm³/mol. The van der Waals surface area contributed by atoms with E-state index in [-0.39, 0.29) is 60.7 Å². The number of morpholine rings is 2. The molecule has 4 bridgehead atoms. The Kier molecular flexibility index (Phi) is 14.2. The minimum absolute atomic E-state index is 0.0124. The van der Waals surface area contributed by atoms with Gasteiger partial charge >= 0.3 is 23.9 Å². The topological polar surface area (TPSA) is 227 Å². The number of hydrogen-bond acceptors (Lipinski definition) is 18. The van der Waals surface area contributed by atoms with Crippen molar-refractivity contribution in [2.75, 3.05) is 53.7 Å². The summed E-state index contributed by atoms with van der Waals surface area (Å²) in [6, 6.07) is 2.41. The highest BCUT2D eigenvalue weighted by Gasteiger charge is 2.57. The molecular formula is C48H48F4N8O10S2. The number of rotatable bonds is 12. The first-order valence-electron chi connectivity index (χ1n) is 22.7. The van der Waals surface area contributed by atoms with Crippen LogP contribution in [0.15, 0.2) is 79.9 Å². The van der Waals surface area contributed by atoms with E-state index in [0.29, 0.717) is 83.1 Å². The highest BCUT2D eigenvalue weighted by Crippen LogP contribution is 2.43. The minimum Gasteiger partial charge on any atom is -0.480 e. The van der Waals surface area contributed by atoms with Gasteiger partial charge in [-0.2, -0.15) is 0 Å². The van der Waals surface area contributed by atoms with Gasteiger partial charge < -0.3 is 39.8 Å². The molecule has 72 heavy (non-hydrogen) atoms. The Labute approximate surface area is 417 Å². The number of hydrogen-bond donors (Lipinski definition) is 4. The molecule has 24 heteroatoms. The number of carboxylic acid groups (broad SMARTS) is 2. The third-order valence-electron chi connectivity index (χ3n) is 14.2. The van der Waals surface area contributed by atoms with Gasteiger partial charge in [-0.25, -0.2) is 37.1 Å². The van der Waals surface area contributed by atoms with Crippen molar-refractivity contribution in [3.63, 3.8) is 0 Å². The Morgan fingerprint density at radius 1 is 0.694 bits per heavy atom. The van der Waals surface area contributed by atoms with Gasteiger partial charge in [-0.3, -0.25) is 29.4 Å². The van der Waals surface area contributed by atoms with Crippen molar-refractivity contribution in [2.24, 2.45) is 9.98 Å². The number of thiazole rings is 2. The van der Waals surface area contributed by atoms with Crippen molar-refractivity contribution in [2.45, 2.75) is 74.8 Å². The maximum absolute atomic E-state index is 14.6. The quantitative estimate of drug-likeness (QED) is 0.107. The van der Waals surface area contributed by atoms with Gasteiger partial charge in [0, 0.05) is 59.7 Å². The van der Waals surface area contributed by atoms with Crippen LogP contribution in [0.2, 0.25) is 0 Å². The summed E-state index contributed by atoms with van der Waals surface area (Å²) < 4.78 is 78.4. The number of carboxylic acids is 2. The fourth-order valence-corrected chi connectivity index (χ4v) is 11.6. The number of nitrogens with zero attached hydrogens (tertiary/aromatic N) is 6. The van der Waals surface area contributed by atoms with Crippen molar-refractivity contribution in [1.29, 1.82) is 0 Å². The van der Waals surface area contributed by atoms with Crippen molar-refractivity contribution in [1.82, 2.24) is 30.4 Å². The van der Waals surface area contributed by atoms with E-state index in [1.54, 1.807) is 23.2 Å². The second-order valence-corrected chi connectivity index (χ2v) is 19.7. The molecule has 18 nitrogen and oxygen atoms in total. The molecule has 4 fully saturated rings. The van der Waals surface area contributed by atoms with Crippen LogP contribution in [0, 0.1) is 37.1 Å². The standard InChI is InChI=1S/2C24H24F2N4O5S/c2*1-12-14(3-4-15(25)18(12)26)19-17(22(31)34-2)16(28-20(29-19)21-27-7-8-36-21)9-30-13-5-6-24(30,23(32)33)11-35-10-13/h2*3-4,7-8,13,19H,5-6,9-11H2,1-2H3,(H,28,29)(H,32,33)/t13-,19+,24+;13-,19-,24+/m10/s1. The monoisotopic (exact) mass is 1040 g/mol. The number of esters is 2. The minimum atomic E-state index is -1.23. The molecule has 10 rings (SSSR count). The number of carbonyl (C=O) groups is 4. The molecule has 6 atom stereocenters. The molecule has 380 valence electrons. The summed E-state index contributed by atoms with van der Waals surface area (Å²) in [6.07, 6.45) is 5.28. The summed E-state index contributed by atoms with van der Waals surface area (Å²) in [7, 11) is 2.44. The highest BCUT2D eigenvalue weighted by molar-refractivity contribution is 7.12. The zero-order valence-corrected chi connectivity index (χ0v) is 40.8. The van der Waals surface area contributed by atoms with E-state index in [4.69, 9.17) is 18.9 Å². The zero-order chi connectivity index (χ0) is 51.2. The number of halogens is 4. The molecule has 4 aromatic rings. The number of nitrogens with one attached hydrogen (secondary N) is 2. The van der Waals surface area contributed by atoms with Crippen molar-refractivity contribution in [3.8, 4) is 0 Å². The number of amidine groups is 2. The number of benzene rings is 2. The van der Waals surface area contributed by atoms with Gasteiger partial charge in [0.05, 0.1) is 51.8 Å². The fourth-order valence-electron chi connectivity index (χ4n) is 10.4. The first-order valence-corrected chi connectivity index (χ1v) is 24.5. The molecule has 4 N–H and O–H groups in total. The Hall–Kier alpha value is -6.44. The number of fused-ring (bicyclic) bond motifs is 4.